The van der Waals surface area contributed by atoms with Crippen LogP contribution in [-0.4, -0.2) is 65.5 Å². The van der Waals surface area contributed by atoms with Gasteiger partial charge in [0.25, 0.3) is 5.91 Å². The van der Waals surface area contributed by atoms with Gasteiger partial charge in [-0.1, -0.05) is 0 Å². The van der Waals surface area contributed by atoms with Crippen LogP contribution in [0.15, 0.2) is 12.1 Å². The molecule has 2 amide bonds. The van der Waals surface area contributed by atoms with Gasteiger partial charge in [-0.25, -0.2) is 0 Å². The number of carbonyl (C=O) groups is 3. The lowest BCUT2D eigenvalue weighted by Gasteiger charge is -2.45. The Kier molecular flexibility index (Phi) is 4.56. The zero-order chi connectivity index (χ0) is 20.1. The Bertz CT molecular complexity index is 841. The van der Waals surface area contributed by atoms with Crippen LogP contribution in [0.2, 0.25) is 0 Å². The second-order valence-electron chi connectivity index (χ2n) is 8.12. The van der Waals surface area contributed by atoms with E-state index in [1.54, 1.807) is 24.0 Å². The van der Waals surface area contributed by atoms with Gasteiger partial charge < -0.3 is 19.6 Å². The van der Waals surface area contributed by atoms with E-state index < -0.39 is 17.4 Å². The molecule has 0 aromatic heterocycles. The summed E-state index contributed by atoms with van der Waals surface area (Å²) in [5.74, 6) is -1.26. The quantitative estimate of drug-likeness (QED) is 0.855. The Morgan fingerprint density at radius 3 is 2.43 bits per heavy atom. The summed E-state index contributed by atoms with van der Waals surface area (Å²) in [4.78, 5) is 40.4. The van der Waals surface area contributed by atoms with E-state index in [1.165, 1.54) is 11.1 Å². The third-order valence-electron chi connectivity index (χ3n) is 6.93. The van der Waals surface area contributed by atoms with Crippen molar-refractivity contribution < 1.29 is 24.2 Å². The molecular formula is C21H26N2O5. The minimum absolute atomic E-state index is 0.0401. The van der Waals surface area contributed by atoms with Crippen molar-refractivity contribution in [1.29, 1.82) is 0 Å². The van der Waals surface area contributed by atoms with Crippen LogP contribution >= 0.6 is 0 Å². The molecule has 1 N–H and O–H groups in total. The smallest absolute Gasteiger partial charge is 0.309 e. The normalized spacial score (nSPS) is 23.2. The minimum Gasteiger partial charge on any atom is -0.496 e. The Hall–Kier alpha value is -2.57. The summed E-state index contributed by atoms with van der Waals surface area (Å²) in [6.07, 6.45) is 4.09. The first kappa shape index (κ1) is 18.8. The summed E-state index contributed by atoms with van der Waals surface area (Å²) in [7, 11) is 3.27. The second kappa shape index (κ2) is 6.79. The fourth-order valence-corrected chi connectivity index (χ4v) is 5.19. The number of aryl methyl sites for hydroxylation is 2. The summed E-state index contributed by atoms with van der Waals surface area (Å²) >= 11 is 0. The number of methoxy groups -OCH3 is 1. The fourth-order valence-electron chi connectivity index (χ4n) is 5.19. The number of amides is 2. The van der Waals surface area contributed by atoms with Gasteiger partial charge in [0.1, 0.15) is 5.75 Å². The second-order valence-corrected chi connectivity index (χ2v) is 8.12. The van der Waals surface area contributed by atoms with Crippen molar-refractivity contribution in [3.8, 4) is 5.75 Å². The van der Waals surface area contributed by atoms with Crippen LogP contribution in [-0.2, 0) is 22.4 Å². The van der Waals surface area contributed by atoms with E-state index in [9.17, 15) is 19.5 Å². The van der Waals surface area contributed by atoms with Gasteiger partial charge >= 0.3 is 5.97 Å². The molecular weight excluding hydrogens is 360 g/mol. The lowest BCUT2D eigenvalue weighted by atomic mass is 9.77. The number of hydrogen-bond donors (Lipinski definition) is 1. The number of hydrogen-bond acceptors (Lipinski definition) is 4. The van der Waals surface area contributed by atoms with Crippen molar-refractivity contribution in [2.45, 2.75) is 44.1 Å². The molecule has 1 aliphatic carbocycles. The molecule has 1 atom stereocenters. The van der Waals surface area contributed by atoms with Crippen molar-refractivity contribution in [3.63, 3.8) is 0 Å². The topological polar surface area (TPSA) is 87.1 Å². The monoisotopic (exact) mass is 386 g/mol. The largest absolute Gasteiger partial charge is 0.496 e. The number of benzene rings is 1. The van der Waals surface area contributed by atoms with Crippen LogP contribution in [0.25, 0.3) is 0 Å². The molecule has 2 saturated heterocycles. The molecule has 1 spiro atoms. The molecule has 28 heavy (non-hydrogen) atoms. The van der Waals surface area contributed by atoms with Crippen LogP contribution in [0, 0.1) is 5.92 Å². The van der Waals surface area contributed by atoms with Gasteiger partial charge in [-0.05, 0) is 55.4 Å². The number of carboxylic acid groups (broad SMARTS) is 1. The molecule has 150 valence electrons. The number of rotatable bonds is 3. The summed E-state index contributed by atoms with van der Waals surface area (Å²) in [5, 5.41) is 9.60. The molecule has 1 aromatic carbocycles. The summed E-state index contributed by atoms with van der Waals surface area (Å²) in [5.41, 5.74) is 2.35. The first-order valence-electron chi connectivity index (χ1n) is 9.86. The SMILES string of the molecule is COc1cc2c(cc1C(=O)N1CCC3(CC1)C(C(=O)O)CC(=O)N3C)CCC2. The lowest BCUT2D eigenvalue weighted by molar-refractivity contribution is -0.145. The average Bonchev–Trinajstić information content (AvgIpc) is 3.25. The highest BCUT2D eigenvalue weighted by Gasteiger charge is 2.55. The molecule has 1 unspecified atom stereocenters. The number of aliphatic carboxylic acids is 1. The number of carboxylic acids is 1. The summed E-state index contributed by atoms with van der Waals surface area (Å²) in [6.45, 7) is 0.862. The van der Waals surface area contributed by atoms with E-state index in [-0.39, 0.29) is 18.2 Å². The van der Waals surface area contributed by atoms with Crippen molar-refractivity contribution in [3.05, 3.63) is 28.8 Å². The maximum absolute atomic E-state index is 13.2. The van der Waals surface area contributed by atoms with Crippen molar-refractivity contribution >= 4 is 17.8 Å². The van der Waals surface area contributed by atoms with E-state index in [4.69, 9.17) is 4.74 Å². The lowest BCUT2D eigenvalue weighted by Crippen LogP contribution is -2.57. The Labute approximate surface area is 164 Å². The number of nitrogens with zero attached hydrogens (tertiary/aromatic N) is 2. The van der Waals surface area contributed by atoms with E-state index >= 15 is 0 Å². The Morgan fingerprint density at radius 1 is 1.18 bits per heavy atom. The van der Waals surface area contributed by atoms with Crippen LogP contribution < -0.4 is 4.74 Å². The highest BCUT2D eigenvalue weighted by atomic mass is 16.5. The molecule has 0 radical (unpaired) electrons. The zero-order valence-electron chi connectivity index (χ0n) is 16.4. The first-order chi connectivity index (χ1) is 13.4. The molecule has 4 rings (SSSR count). The van der Waals surface area contributed by atoms with Crippen LogP contribution in [0.4, 0.5) is 0 Å². The Morgan fingerprint density at radius 2 is 1.82 bits per heavy atom. The van der Waals surface area contributed by atoms with Gasteiger partial charge in [-0.3, -0.25) is 14.4 Å². The molecule has 1 aromatic rings. The number of ether oxygens (including phenoxy) is 1. The van der Waals surface area contributed by atoms with Crippen molar-refractivity contribution in [2.75, 3.05) is 27.2 Å². The van der Waals surface area contributed by atoms with Crippen LogP contribution in [0.1, 0.15) is 47.2 Å². The highest BCUT2D eigenvalue weighted by molar-refractivity contribution is 5.97. The predicted octanol–water partition coefficient (Wildman–Crippen LogP) is 1.72. The standard InChI is InChI=1S/C21H26N2O5/c1-22-18(24)12-16(20(26)27)21(22)6-8-23(9-7-21)19(25)15-10-13-4-3-5-14(13)11-17(15)28-2/h10-11,16H,3-9,12H2,1-2H3,(H,26,27). The van der Waals surface area contributed by atoms with E-state index in [1.807, 2.05) is 12.1 Å². The van der Waals surface area contributed by atoms with Gasteiger partial charge in [0.2, 0.25) is 5.91 Å². The molecule has 3 aliphatic rings. The molecule has 0 bridgehead atoms. The van der Waals surface area contributed by atoms with Crippen molar-refractivity contribution in [2.24, 2.45) is 5.92 Å². The number of fused-ring (bicyclic) bond motifs is 1. The van der Waals surface area contributed by atoms with Gasteiger partial charge in [-0.2, -0.15) is 0 Å². The minimum atomic E-state index is -0.933. The Balaban J connectivity index is 1.55. The average molecular weight is 386 g/mol. The number of likely N-dealkylation sites (tertiary alicyclic amines) is 2. The van der Waals surface area contributed by atoms with Crippen LogP contribution in [0.5, 0.6) is 5.75 Å². The molecule has 2 aliphatic heterocycles. The fraction of sp³-hybridized carbons (Fsp3) is 0.571. The van der Waals surface area contributed by atoms with Gasteiger partial charge in [0, 0.05) is 26.6 Å². The van der Waals surface area contributed by atoms with E-state index in [0.29, 0.717) is 37.2 Å². The zero-order valence-corrected chi connectivity index (χ0v) is 16.4. The third-order valence-corrected chi connectivity index (χ3v) is 6.93. The molecule has 2 fully saturated rings. The van der Waals surface area contributed by atoms with E-state index in [0.717, 1.165) is 19.3 Å². The predicted molar refractivity (Wildman–Crippen MR) is 101 cm³/mol. The number of carbonyl (C=O) groups excluding carboxylic acids is 2. The van der Waals surface area contributed by atoms with Gasteiger partial charge in [0.15, 0.2) is 0 Å². The van der Waals surface area contributed by atoms with Crippen LogP contribution in [0.3, 0.4) is 0 Å². The van der Waals surface area contributed by atoms with Gasteiger partial charge in [0.05, 0.1) is 24.1 Å². The number of piperidine rings is 1. The van der Waals surface area contributed by atoms with Crippen molar-refractivity contribution in [1.82, 2.24) is 9.80 Å². The maximum Gasteiger partial charge on any atom is 0.309 e. The summed E-state index contributed by atoms with van der Waals surface area (Å²) < 4.78 is 5.48. The molecule has 0 saturated carbocycles. The maximum atomic E-state index is 13.2. The summed E-state index contributed by atoms with van der Waals surface area (Å²) in [6, 6.07) is 3.93. The third kappa shape index (κ3) is 2.75. The highest BCUT2D eigenvalue weighted by Crippen LogP contribution is 2.43. The molecule has 7 heteroatoms. The van der Waals surface area contributed by atoms with E-state index in [2.05, 4.69) is 0 Å². The first-order valence-corrected chi connectivity index (χ1v) is 9.86. The molecule has 2 heterocycles. The molecule has 7 nitrogen and oxygen atoms in total. The van der Waals surface area contributed by atoms with Gasteiger partial charge in [-0.15, -0.1) is 0 Å².